The van der Waals surface area contributed by atoms with Crippen LogP contribution in [-0.2, 0) is 26.9 Å². The number of sulfonamides is 1. The van der Waals surface area contributed by atoms with E-state index in [9.17, 15) is 13.5 Å². The average Bonchev–Trinajstić information content (AvgIpc) is 3.78. The third-order valence-corrected chi connectivity index (χ3v) is 10.5. The summed E-state index contributed by atoms with van der Waals surface area (Å²) in [5, 5.41) is 14.8. The Kier molecular flexibility index (Phi) is 8.83. The molecule has 3 heterocycles. The second-order valence-corrected chi connectivity index (χ2v) is 13.5. The van der Waals surface area contributed by atoms with Gasteiger partial charge in [-0.05, 0) is 73.5 Å². The maximum Gasteiger partial charge on any atom is 0.271 e. The molecule has 11 nitrogen and oxygen atoms in total. The molecule has 2 aliphatic heterocycles. The number of aliphatic hydroxyl groups is 1. The van der Waals surface area contributed by atoms with Gasteiger partial charge in [-0.2, -0.15) is 0 Å². The molecule has 0 aliphatic carbocycles. The largest absolute Gasteiger partial charge is 0.497 e. The molecule has 1 aromatic heterocycles. The first-order valence-corrected chi connectivity index (χ1v) is 16.7. The van der Waals surface area contributed by atoms with Crippen molar-refractivity contribution in [3.05, 3.63) is 101 Å². The summed E-state index contributed by atoms with van der Waals surface area (Å²) >= 11 is 6.61. The number of anilines is 1. The van der Waals surface area contributed by atoms with Crippen molar-refractivity contribution >= 4 is 33.2 Å². The number of rotatable bonds is 11. The summed E-state index contributed by atoms with van der Waals surface area (Å²) in [6.45, 7) is 3.46. The van der Waals surface area contributed by atoms with Crippen LogP contribution in [0.1, 0.15) is 48.4 Å². The number of ether oxygens (including phenoxy) is 2. The average molecular weight is 667 g/mol. The van der Waals surface area contributed by atoms with E-state index in [0.717, 1.165) is 22.8 Å². The maximum atomic E-state index is 15.3. The number of nitrogens with one attached hydrogen (secondary N) is 1. The number of aromatic nitrogens is 1. The van der Waals surface area contributed by atoms with Gasteiger partial charge in [0.1, 0.15) is 17.8 Å². The lowest BCUT2D eigenvalue weighted by Crippen LogP contribution is -2.55. The summed E-state index contributed by atoms with van der Waals surface area (Å²) in [4.78, 5) is 21.4. The summed E-state index contributed by atoms with van der Waals surface area (Å²) in [5.74, 6) is 0.335. The molecule has 1 amide bonds. The van der Waals surface area contributed by atoms with Crippen molar-refractivity contribution < 1.29 is 32.2 Å². The zero-order valence-electron chi connectivity index (χ0n) is 25.6. The fourth-order valence-corrected chi connectivity index (χ4v) is 8.13. The fourth-order valence-electron chi connectivity index (χ4n) is 6.50. The number of benzene rings is 3. The number of likely N-dealkylation sites (tertiary alicyclic amines) is 1. The van der Waals surface area contributed by atoms with Gasteiger partial charge in [0.05, 0.1) is 43.1 Å². The molecule has 242 valence electrons. The van der Waals surface area contributed by atoms with Crippen molar-refractivity contribution in [3.8, 4) is 11.5 Å². The van der Waals surface area contributed by atoms with Gasteiger partial charge in [-0.15, -0.1) is 0 Å². The van der Waals surface area contributed by atoms with E-state index >= 15 is 4.79 Å². The van der Waals surface area contributed by atoms with E-state index in [4.69, 9.17) is 25.5 Å². The molecule has 13 heteroatoms. The fraction of sp³-hybridized carbons (Fsp3) is 0.333. The van der Waals surface area contributed by atoms with Crippen LogP contribution in [0, 0.1) is 0 Å². The van der Waals surface area contributed by atoms with Crippen LogP contribution in [0.4, 0.5) is 5.69 Å². The molecule has 4 aromatic rings. The highest BCUT2D eigenvalue weighted by molar-refractivity contribution is 7.93. The molecular weight excluding hydrogens is 632 g/mol. The highest BCUT2D eigenvalue weighted by Gasteiger charge is 2.63. The number of β-amino-alcohol motifs (C(OH)–C–C–N with tert-alkyl or cyclic N) is 1. The van der Waals surface area contributed by atoms with Gasteiger partial charge < -0.3 is 24.3 Å². The van der Waals surface area contributed by atoms with Crippen LogP contribution in [0.2, 0.25) is 5.02 Å². The van der Waals surface area contributed by atoms with Crippen LogP contribution in [0.25, 0.3) is 0 Å². The molecular formula is C33H35ClN4O7S. The number of amides is 1. The molecule has 0 radical (unpaired) electrons. The van der Waals surface area contributed by atoms with E-state index < -0.39 is 33.6 Å². The van der Waals surface area contributed by atoms with Gasteiger partial charge in [-0.1, -0.05) is 30.7 Å². The van der Waals surface area contributed by atoms with Gasteiger partial charge in [-0.3, -0.25) is 9.69 Å². The van der Waals surface area contributed by atoms with Crippen LogP contribution >= 0.6 is 11.6 Å². The van der Waals surface area contributed by atoms with Crippen molar-refractivity contribution in [2.45, 2.75) is 48.9 Å². The second-order valence-electron chi connectivity index (χ2n) is 11.3. The van der Waals surface area contributed by atoms with E-state index in [1.807, 2.05) is 12.1 Å². The summed E-state index contributed by atoms with van der Waals surface area (Å²) in [5.41, 5.74) is -0.0662. The van der Waals surface area contributed by atoms with Gasteiger partial charge >= 0.3 is 0 Å². The first-order chi connectivity index (χ1) is 22.2. The van der Waals surface area contributed by atoms with E-state index in [0.29, 0.717) is 34.2 Å². The first-order valence-electron chi connectivity index (χ1n) is 14.9. The molecule has 0 saturated carbocycles. The number of hydrogen-bond donors (Lipinski definition) is 2. The van der Waals surface area contributed by atoms with Crippen LogP contribution in [0.15, 0.2) is 82.4 Å². The van der Waals surface area contributed by atoms with Crippen molar-refractivity contribution in [1.29, 1.82) is 0 Å². The van der Waals surface area contributed by atoms with Gasteiger partial charge in [0.25, 0.3) is 15.9 Å². The maximum absolute atomic E-state index is 15.3. The molecule has 2 N–H and O–H groups in total. The summed E-state index contributed by atoms with van der Waals surface area (Å²) in [7, 11) is -1.48. The van der Waals surface area contributed by atoms with Gasteiger partial charge in [0, 0.05) is 29.2 Å². The highest BCUT2D eigenvalue weighted by Crippen LogP contribution is 2.56. The number of hydrogen-bond acceptors (Lipinski definition) is 10. The normalized spacial score (nSPS) is 21.5. The Bertz CT molecular complexity index is 1840. The van der Waals surface area contributed by atoms with Crippen LogP contribution in [0.5, 0.6) is 11.5 Å². The van der Waals surface area contributed by atoms with Crippen molar-refractivity contribution in [3.63, 3.8) is 0 Å². The lowest BCUT2D eigenvalue weighted by atomic mass is 9.80. The minimum atomic E-state index is -4.47. The highest BCUT2D eigenvalue weighted by atomic mass is 35.5. The molecule has 0 bridgehead atoms. The van der Waals surface area contributed by atoms with E-state index in [1.165, 1.54) is 57.0 Å². The number of carbonyl (C=O) groups is 1. The summed E-state index contributed by atoms with van der Waals surface area (Å²) in [6, 6.07) is 15.3. The summed E-state index contributed by atoms with van der Waals surface area (Å²) in [6.07, 6.45) is 3.19. The molecule has 2 aliphatic rings. The zero-order valence-corrected chi connectivity index (χ0v) is 27.2. The second kappa shape index (κ2) is 12.7. The number of nitrogens with zero attached hydrogens (tertiary/aromatic N) is 3. The third-order valence-electron chi connectivity index (χ3n) is 8.52. The lowest BCUT2D eigenvalue weighted by molar-refractivity contribution is -0.127. The first kappa shape index (κ1) is 32.0. The molecule has 3 aromatic carbocycles. The molecule has 6 rings (SSSR count). The Morgan fingerprint density at radius 1 is 1.09 bits per heavy atom. The van der Waals surface area contributed by atoms with Crippen molar-refractivity contribution in [2.75, 3.05) is 31.6 Å². The quantitative estimate of drug-likeness (QED) is 0.218. The Labute approximate surface area is 272 Å². The SMILES string of the molecule is CCCNCc1ccc(C2(N3C[C@H](O)C[C@H]3c3ncco3)C(=O)N(S(=O)(=O)c3ccc(OC)cc3)c3ccc(Cl)cc32)c(OC)c1. The number of oxazole rings is 1. The molecule has 1 saturated heterocycles. The van der Waals surface area contributed by atoms with Crippen LogP contribution in [0.3, 0.4) is 0 Å². The Morgan fingerprint density at radius 3 is 2.54 bits per heavy atom. The van der Waals surface area contributed by atoms with E-state index in [-0.39, 0.29) is 29.4 Å². The minimum absolute atomic E-state index is 0.00409. The Balaban J connectivity index is 1.63. The molecule has 1 unspecified atom stereocenters. The number of carbonyl (C=O) groups excluding carboxylic acids is 1. The molecule has 3 atom stereocenters. The predicted molar refractivity (Wildman–Crippen MR) is 171 cm³/mol. The third kappa shape index (κ3) is 5.23. The van der Waals surface area contributed by atoms with Gasteiger partial charge in [0.15, 0.2) is 5.54 Å². The lowest BCUT2D eigenvalue weighted by Gasteiger charge is -2.41. The Hall–Kier alpha value is -3.94. The number of halogens is 1. The number of fused-ring (bicyclic) bond motifs is 1. The predicted octanol–water partition coefficient (Wildman–Crippen LogP) is 4.63. The summed E-state index contributed by atoms with van der Waals surface area (Å²) < 4.78 is 46.6. The Morgan fingerprint density at radius 2 is 1.87 bits per heavy atom. The van der Waals surface area contributed by atoms with Crippen LogP contribution in [-0.4, -0.2) is 62.7 Å². The van der Waals surface area contributed by atoms with Crippen molar-refractivity contribution in [1.82, 2.24) is 15.2 Å². The van der Waals surface area contributed by atoms with Crippen molar-refractivity contribution in [2.24, 2.45) is 0 Å². The monoisotopic (exact) mass is 666 g/mol. The smallest absolute Gasteiger partial charge is 0.271 e. The minimum Gasteiger partial charge on any atom is -0.497 e. The van der Waals surface area contributed by atoms with E-state index in [2.05, 4.69) is 17.2 Å². The molecule has 1 fully saturated rings. The van der Waals surface area contributed by atoms with Gasteiger partial charge in [-0.25, -0.2) is 17.7 Å². The van der Waals surface area contributed by atoms with Crippen LogP contribution < -0.4 is 19.1 Å². The molecule has 46 heavy (non-hydrogen) atoms. The standard InChI is InChI=1S/C33H35ClN4O7S/c1-4-13-35-19-21-5-11-26(30(16-21)44-3)33(37-20-23(39)18-29(37)31-36-14-15-45-31)27-17-22(34)6-12-28(27)38(32(33)40)46(41,42)25-9-7-24(43-2)8-10-25/h5-12,14-17,23,29,35,39H,4,13,18-20H2,1-3H3/t23-,29+,33?/m1/s1. The molecule has 0 spiro atoms. The zero-order chi connectivity index (χ0) is 32.6. The van der Waals surface area contributed by atoms with Gasteiger partial charge in [0.2, 0.25) is 5.89 Å². The number of aliphatic hydroxyl groups excluding tert-OH is 1. The number of methoxy groups -OCH3 is 2. The topological polar surface area (TPSA) is 134 Å². The van der Waals surface area contributed by atoms with E-state index in [1.54, 1.807) is 23.1 Å².